The Morgan fingerprint density at radius 1 is 1.07 bits per heavy atom. The summed E-state index contributed by atoms with van der Waals surface area (Å²) in [7, 11) is 0. The van der Waals surface area contributed by atoms with Crippen molar-refractivity contribution in [2.45, 2.75) is 38.8 Å². The fourth-order valence-corrected chi connectivity index (χ4v) is 4.66. The number of nitrogens with zero attached hydrogens (tertiary/aromatic N) is 5. The Kier molecular flexibility index (Phi) is 4.65. The van der Waals surface area contributed by atoms with Crippen molar-refractivity contribution >= 4 is 11.7 Å². The Bertz CT molecular complexity index is 1070. The molecular weight excluding hydrogens is 376 g/mol. The molecule has 7 nitrogen and oxygen atoms in total. The van der Waals surface area contributed by atoms with Crippen LogP contribution in [0.4, 0.5) is 5.82 Å². The van der Waals surface area contributed by atoms with Gasteiger partial charge in [-0.3, -0.25) is 19.7 Å². The molecule has 1 aliphatic carbocycles. The van der Waals surface area contributed by atoms with E-state index in [0.717, 1.165) is 42.2 Å². The van der Waals surface area contributed by atoms with Gasteiger partial charge in [0.25, 0.3) is 5.91 Å². The van der Waals surface area contributed by atoms with Gasteiger partial charge in [0, 0.05) is 25.0 Å². The molecule has 30 heavy (non-hydrogen) atoms. The fraction of sp³-hybridized carbons (Fsp3) is 0.348. The third-order valence-electron chi connectivity index (χ3n) is 6.02. The van der Waals surface area contributed by atoms with Crippen molar-refractivity contribution in [2.75, 3.05) is 11.9 Å². The Morgan fingerprint density at radius 3 is 2.70 bits per heavy atom. The summed E-state index contributed by atoms with van der Waals surface area (Å²) in [5, 5.41) is 3.50. The lowest BCUT2D eigenvalue weighted by Gasteiger charge is -2.34. The Labute approximate surface area is 175 Å². The van der Waals surface area contributed by atoms with Gasteiger partial charge < -0.3 is 10.2 Å². The number of hydrogen-bond acceptors (Lipinski definition) is 6. The van der Waals surface area contributed by atoms with E-state index in [4.69, 9.17) is 0 Å². The number of carbonyl (C=O) groups is 1. The second-order valence-electron chi connectivity index (χ2n) is 8.28. The van der Waals surface area contributed by atoms with Gasteiger partial charge in [0.15, 0.2) is 0 Å². The third kappa shape index (κ3) is 3.40. The van der Waals surface area contributed by atoms with Gasteiger partial charge in [0.05, 0.1) is 35.4 Å². The summed E-state index contributed by atoms with van der Waals surface area (Å²) in [6, 6.07) is 7.93. The van der Waals surface area contributed by atoms with Gasteiger partial charge in [0.1, 0.15) is 11.5 Å². The maximum absolute atomic E-state index is 13.6. The zero-order valence-corrected chi connectivity index (χ0v) is 17.1. The molecule has 1 saturated carbocycles. The molecule has 0 radical (unpaired) electrons. The molecule has 4 heterocycles. The van der Waals surface area contributed by atoms with Crippen LogP contribution in [0.1, 0.15) is 34.5 Å². The summed E-state index contributed by atoms with van der Waals surface area (Å²) >= 11 is 0. The highest BCUT2D eigenvalue weighted by Gasteiger charge is 2.47. The molecule has 2 bridgehead atoms. The lowest BCUT2D eigenvalue weighted by atomic mass is 10.0. The number of hydrogen-bond donors (Lipinski definition) is 1. The maximum atomic E-state index is 13.6. The van der Waals surface area contributed by atoms with Gasteiger partial charge in [-0.2, -0.15) is 0 Å². The summed E-state index contributed by atoms with van der Waals surface area (Å²) in [6.45, 7) is 4.67. The first kappa shape index (κ1) is 18.7. The summed E-state index contributed by atoms with van der Waals surface area (Å²) in [5.74, 6) is 1.30. The molecule has 5 rings (SSSR count). The van der Waals surface area contributed by atoms with Crippen molar-refractivity contribution in [3.63, 3.8) is 0 Å². The Hall–Kier alpha value is -3.35. The third-order valence-corrected chi connectivity index (χ3v) is 6.02. The average molecular weight is 400 g/mol. The number of anilines is 1. The number of piperidine rings is 1. The summed E-state index contributed by atoms with van der Waals surface area (Å²) in [6.07, 6.45) is 9.10. The molecule has 2 aliphatic rings. The lowest BCUT2D eigenvalue weighted by Crippen LogP contribution is -2.48. The molecule has 0 spiro atoms. The standard InChI is InChI=1S/C23H24N6O/c1-14-7-17(22(27-10-14)18-5-3-4-6-24-18)23(30)29-13-16-8-19(20(29)9-16)28-21-12-25-15(2)11-26-21/h3-7,10-12,16,19-20H,8-9,13H2,1-2H3,(H,26,28). The summed E-state index contributed by atoms with van der Waals surface area (Å²) < 4.78 is 0. The maximum Gasteiger partial charge on any atom is 0.256 e. The largest absolute Gasteiger partial charge is 0.364 e. The second kappa shape index (κ2) is 7.48. The molecule has 3 unspecified atom stereocenters. The van der Waals surface area contributed by atoms with Crippen molar-refractivity contribution in [3.8, 4) is 11.4 Å². The molecule has 1 saturated heterocycles. The Balaban J connectivity index is 1.42. The van der Waals surface area contributed by atoms with Crippen LogP contribution in [0, 0.1) is 19.8 Å². The van der Waals surface area contributed by atoms with E-state index in [1.165, 1.54) is 0 Å². The van der Waals surface area contributed by atoms with Crippen molar-refractivity contribution < 1.29 is 4.79 Å². The average Bonchev–Trinajstić information content (AvgIpc) is 3.36. The molecule has 3 atom stereocenters. The first-order valence-corrected chi connectivity index (χ1v) is 10.3. The number of amides is 1. The first-order valence-electron chi connectivity index (χ1n) is 10.3. The molecule has 0 aromatic carbocycles. The van der Waals surface area contributed by atoms with Gasteiger partial charge >= 0.3 is 0 Å². The number of pyridine rings is 2. The van der Waals surface area contributed by atoms with Crippen molar-refractivity contribution in [3.05, 3.63) is 65.9 Å². The minimum absolute atomic E-state index is 0.0286. The molecule has 1 amide bonds. The van der Waals surface area contributed by atoms with Crippen LogP contribution in [0.5, 0.6) is 0 Å². The first-order chi connectivity index (χ1) is 14.6. The topological polar surface area (TPSA) is 83.9 Å². The van der Waals surface area contributed by atoms with E-state index in [9.17, 15) is 4.79 Å². The molecule has 3 aromatic heterocycles. The van der Waals surface area contributed by atoms with Crippen LogP contribution in [0.25, 0.3) is 11.4 Å². The highest BCUT2D eigenvalue weighted by molar-refractivity contribution is 6.00. The van der Waals surface area contributed by atoms with Crippen molar-refractivity contribution in [1.29, 1.82) is 0 Å². The number of fused-ring (bicyclic) bond motifs is 2. The van der Waals surface area contributed by atoms with E-state index in [-0.39, 0.29) is 18.0 Å². The van der Waals surface area contributed by atoms with Gasteiger partial charge in [-0.25, -0.2) is 4.98 Å². The zero-order chi connectivity index (χ0) is 20.7. The van der Waals surface area contributed by atoms with Crippen LogP contribution >= 0.6 is 0 Å². The predicted octanol–water partition coefficient (Wildman–Crippen LogP) is 3.27. The number of carbonyl (C=O) groups excluding carboxylic acids is 1. The van der Waals surface area contributed by atoms with E-state index < -0.39 is 0 Å². The molecule has 7 heteroatoms. The number of likely N-dealkylation sites (tertiary alicyclic amines) is 1. The molecular formula is C23H24N6O. The summed E-state index contributed by atoms with van der Waals surface area (Å²) in [4.78, 5) is 33.3. The van der Waals surface area contributed by atoms with Crippen LogP contribution in [0.15, 0.2) is 49.1 Å². The van der Waals surface area contributed by atoms with Gasteiger partial charge in [0.2, 0.25) is 0 Å². The van der Waals surface area contributed by atoms with E-state index in [2.05, 4.69) is 25.3 Å². The smallest absolute Gasteiger partial charge is 0.256 e. The normalized spacial score (nSPS) is 22.3. The predicted molar refractivity (Wildman–Crippen MR) is 114 cm³/mol. The SMILES string of the molecule is Cc1cnc(-c2ccccn2)c(C(=O)N2CC3CC(Nc4cnc(C)cn4)C2C3)c1. The Morgan fingerprint density at radius 2 is 1.97 bits per heavy atom. The van der Waals surface area contributed by atoms with E-state index in [0.29, 0.717) is 17.2 Å². The van der Waals surface area contributed by atoms with Gasteiger partial charge in [-0.1, -0.05) is 6.07 Å². The minimum atomic E-state index is 0.0286. The lowest BCUT2D eigenvalue weighted by molar-refractivity contribution is 0.0692. The molecule has 3 aromatic rings. The molecule has 152 valence electrons. The summed E-state index contributed by atoms with van der Waals surface area (Å²) in [5.41, 5.74) is 3.83. The highest BCUT2D eigenvalue weighted by atomic mass is 16.2. The molecule has 1 aliphatic heterocycles. The number of aromatic nitrogens is 4. The second-order valence-corrected chi connectivity index (χ2v) is 8.28. The minimum Gasteiger partial charge on any atom is -0.364 e. The van der Waals surface area contributed by atoms with Gasteiger partial charge in [-0.05, 0) is 56.4 Å². The molecule has 2 fully saturated rings. The van der Waals surface area contributed by atoms with E-state index in [1.807, 2.05) is 43.0 Å². The van der Waals surface area contributed by atoms with Crippen molar-refractivity contribution in [1.82, 2.24) is 24.8 Å². The van der Waals surface area contributed by atoms with Crippen LogP contribution in [0.3, 0.4) is 0 Å². The van der Waals surface area contributed by atoms with Crippen LogP contribution < -0.4 is 5.32 Å². The quantitative estimate of drug-likeness (QED) is 0.724. The number of nitrogens with one attached hydrogen (secondary N) is 1. The van der Waals surface area contributed by atoms with E-state index >= 15 is 0 Å². The highest BCUT2D eigenvalue weighted by Crippen LogP contribution is 2.40. The zero-order valence-electron chi connectivity index (χ0n) is 17.1. The van der Waals surface area contributed by atoms with Crippen LogP contribution in [-0.4, -0.2) is 49.4 Å². The fourth-order valence-electron chi connectivity index (χ4n) is 4.66. The number of aryl methyl sites for hydroxylation is 2. The monoisotopic (exact) mass is 400 g/mol. The number of rotatable bonds is 4. The van der Waals surface area contributed by atoms with Gasteiger partial charge in [-0.15, -0.1) is 0 Å². The molecule has 1 N–H and O–H groups in total. The van der Waals surface area contributed by atoms with E-state index in [1.54, 1.807) is 24.8 Å². The van der Waals surface area contributed by atoms with Crippen molar-refractivity contribution in [2.24, 2.45) is 5.92 Å². The van der Waals surface area contributed by atoms with Crippen LogP contribution in [0.2, 0.25) is 0 Å². The van der Waals surface area contributed by atoms with Crippen LogP contribution in [-0.2, 0) is 0 Å².